The van der Waals surface area contributed by atoms with E-state index in [1.54, 1.807) is 65.8 Å². The largest absolute Gasteiger partial charge is 0.469 e. The van der Waals surface area contributed by atoms with Gasteiger partial charge in [0.25, 0.3) is 0 Å². The summed E-state index contributed by atoms with van der Waals surface area (Å²) in [7, 11) is 2.44. The average molecular weight is 738 g/mol. The van der Waals surface area contributed by atoms with Gasteiger partial charge < -0.3 is 28.7 Å². The number of carbonyl (C=O) groups is 5. The van der Waals surface area contributed by atoms with Crippen molar-refractivity contribution in [2.24, 2.45) is 10.4 Å². The fraction of sp³-hybridized carbons (Fsp3) is 0.500. The molecule has 1 N–H and O–H groups in total. The molecule has 2 heterocycles. The highest BCUT2D eigenvalue weighted by atomic mass is 32.2. The van der Waals surface area contributed by atoms with Crippen LogP contribution in [0.5, 0.6) is 0 Å². The van der Waals surface area contributed by atoms with E-state index in [0.29, 0.717) is 5.04 Å². The quantitative estimate of drug-likeness (QED) is 0.116. The number of thioether (sulfide) groups is 1. The van der Waals surface area contributed by atoms with Crippen LogP contribution >= 0.6 is 11.8 Å². The second-order valence-electron chi connectivity index (χ2n) is 14.7. The molecule has 2 aromatic rings. The molecule has 280 valence electrons. The van der Waals surface area contributed by atoms with Crippen LogP contribution in [0.4, 0.5) is 0 Å². The van der Waals surface area contributed by atoms with Crippen molar-refractivity contribution in [3.63, 3.8) is 0 Å². The Morgan fingerprint density at radius 1 is 0.904 bits per heavy atom. The molecule has 1 aliphatic heterocycles. The van der Waals surface area contributed by atoms with Crippen LogP contribution in [-0.4, -0.2) is 70.5 Å². The topological polar surface area (TPSA) is 183 Å². The van der Waals surface area contributed by atoms with Crippen molar-refractivity contribution in [1.29, 1.82) is 5.26 Å². The van der Waals surface area contributed by atoms with E-state index in [0.717, 1.165) is 17.3 Å². The Morgan fingerprint density at radius 2 is 1.52 bits per heavy atom. The average Bonchev–Trinajstić information content (AvgIpc) is 3.56. The number of H-pyrrole nitrogens is 1. The summed E-state index contributed by atoms with van der Waals surface area (Å²) in [4.78, 5) is 73.0. The standard InChI is InChI=1S/C38H47N3O10S/c1-36(2,3)50-33(44)30-23(16-17-27(42)47-9)24(18-28(43)48-10)29(41-30)25(20-39)32-38(7,8)19-26(40-32)52-31(35(46)51-37(4,5)6)34(45)49-21-22-14-12-11-13-15-22/h11-15,31,41H,16-19,21H2,1-10H3/b32-25-. The van der Waals surface area contributed by atoms with Gasteiger partial charge in [0.05, 0.1) is 42.6 Å². The summed E-state index contributed by atoms with van der Waals surface area (Å²) in [5.74, 6) is -3.59. The molecule has 0 saturated heterocycles. The zero-order chi connectivity index (χ0) is 39.0. The molecule has 1 atom stereocenters. The summed E-state index contributed by atoms with van der Waals surface area (Å²) in [6.07, 6.45) is -0.272. The van der Waals surface area contributed by atoms with Gasteiger partial charge in [-0.05, 0) is 64.7 Å². The Labute approximate surface area is 308 Å². The molecule has 0 radical (unpaired) electrons. The van der Waals surface area contributed by atoms with Gasteiger partial charge in [-0.2, -0.15) is 5.26 Å². The van der Waals surface area contributed by atoms with Gasteiger partial charge in [0, 0.05) is 18.3 Å². The Morgan fingerprint density at radius 3 is 2.08 bits per heavy atom. The van der Waals surface area contributed by atoms with Crippen molar-refractivity contribution in [3.05, 3.63) is 64.1 Å². The van der Waals surface area contributed by atoms with E-state index in [2.05, 4.69) is 11.1 Å². The van der Waals surface area contributed by atoms with Crippen LogP contribution in [0.25, 0.3) is 5.57 Å². The fourth-order valence-electron chi connectivity index (χ4n) is 5.27. The number of carbonyl (C=O) groups excluding carboxylic acids is 5. The van der Waals surface area contributed by atoms with E-state index >= 15 is 0 Å². The van der Waals surface area contributed by atoms with Gasteiger partial charge in [-0.3, -0.25) is 19.2 Å². The van der Waals surface area contributed by atoms with Crippen molar-refractivity contribution in [3.8, 4) is 6.07 Å². The first-order valence-corrected chi connectivity index (χ1v) is 17.5. The fourth-order valence-corrected chi connectivity index (χ4v) is 6.43. The third-order valence-corrected chi connectivity index (χ3v) is 8.69. The van der Waals surface area contributed by atoms with Gasteiger partial charge in [-0.25, -0.2) is 9.79 Å². The summed E-state index contributed by atoms with van der Waals surface area (Å²) in [6, 6.07) is 11.2. The van der Waals surface area contributed by atoms with Gasteiger partial charge in [0.2, 0.25) is 5.25 Å². The molecule has 0 amide bonds. The van der Waals surface area contributed by atoms with E-state index in [-0.39, 0.29) is 66.1 Å². The number of nitrogens with one attached hydrogen (secondary N) is 1. The lowest BCUT2D eigenvalue weighted by atomic mass is 9.84. The molecule has 14 heteroatoms. The Balaban J connectivity index is 2.18. The highest BCUT2D eigenvalue weighted by Crippen LogP contribution is 2.46. The maximum Gasteiger partial charge on any atom is 0.355 e. The second-order valence-corrected chi connectivity index (χ2v) is 15.9. The van der Waals surface area contributed by atoms with Crippen LogP contribution in [0.15, 0.2) is 41.0 Å². The van der Waals surface area contributed by atoms with Crippen molar-refractivity contribution in [1.82, 2.24) is 4.98 Å². The van der Waals surface area contributed by atoms with Crippen molar-refractivity contribution >= 4 is 52.2 Å². The van der Waals surface area contributed by atoms with Crippen LogP contribution in [0.3, 0.4) is 0 Å². The lowest BCUT2D eigenvalue weighted by Gasteiger charge is -2.23. The number of methoxy groups -OCH3 is 2. The molecule has 0 bridgehead atoms. The van der Waals surface area contributed by atoms with Crippen molar-refractivity contribution in [2.75, 3.05) is 14.2 Å². The number of hydrogen-bond acceptors (Lipinski definition) is 13. The number of rotatable bonds is 12. The van der Waals surface area contributed by atoms with Crippen LogP contribution < -0.4 is 0 Å². The van der Waals surface area contributed by atoms with Gasteiger partial charge >= 0.3 is 29.8 Å². The SMILES string of the molecule is COC(=O)CCc1c(C(=O)OC(C)(C)C)[nH]c(/C(C#N)=C2\N=C(SC(C(=O)OCc3ccccc3)C(=O)OC(C)(C)C)CC2(C)C)c1CC(=O)OC. The van der Waals surface area contributed by atoms with E-state index in [1.807, 2.05) is 19.9 Å². The Hall–Kier alpha value is -4.90. The molecule has 52 heavy (non-hydrogen) atoms. The molecule has 1 aliphatic rings. The first-order valence-electron chi connectivity index (χ1n) is 16.6. The zero-order valence-electron chi connectivity index (χ0n) is 31.4. The Bertz CT molecular complexity index is 1790. The predicted octanol–water partition coefficient (Wildman–Crippen LogP) is 6.04. The van der Waals surface area contributed by atoms with Gasteiger partial charge in [0.1, 0.15) is 29.6 Å². The molecule has 1 aromatic heterocycles. The lowest BCUT2D eigenvalue weighted by molar-refractivity contribution is -0.161. The summed E-state index contributed by atoms with van der Waals surface area (Å²) in [5.41, 5.74) is -0.972. The molecule has 13 nitrogen and oxygen atoms in total. The summed E-state index contributed by atoms with van der Waals surface area (Å²) in [6.45, 7) is 13.7. The molecule has 3 rings (SSSR count). The number of ether oxygens (including phenoxy) is 5. The molecule has 1 unspecified atom stereocenters. The number of hydrogen-bond donors (Lipinski definition) is 1. The van der Waals surface area contributed by atoms with Crippen LogP contribution in [-0.2, 0) is 62.3 Å². The minimum atomic E-state index is -1.42. The minimum absolute atomic E-state index is 0.00843. The number of esters is 5. The highest BCUT2D eigenvalue weighted by Gasteiger charge is 2.41. The Kier molecular flexibility index (Phi) is 13.6. The van der Waals surface area contributed by atoms with E-state index in [1.165, 1.54) is 14.2 Å². The van der Waals surface area contributed by atoms with E-state index in [4.69, 9.17) is 28.7 Å². The molecule has 0 saturated carbocycles. The predicted molar refractivity (Wildman–Crippen MR) is 194 cm³/mol. The molecular formula is C38H47N3O10S. The van der Waals surface area contributed by atoms with Crippen molar-refractivity contribution in [2.45, 2.75) is 104 Å². The summed E-state index contributed by atoms with van der Waals surface area (Å²) < 4.78 is 26.5. The van der Waals surface area contributed by atoms with Gasteiger partial charge in [-0.15, -0.1) is 0 Å². The zero-order valence-corrected chi connectivity index (χ0v) is 32.2. The smallest absolute Gasteiger partial charge is 0.355 e. The number of aliphatic imine (C=N–C) groups is 1. The van der Waals surface area contributed by atoms with Gasteiger partial charge in [0.15, 0.2) is 0 Å². The van der Waals surface area contributed by atoms with E-state index in [9.17, 15) is 29.2 Å². The molecular weight excluding hydrogens is 690 g/mol. The van der Waals surface area contributed by atoms with E-state index < -0.39 is 51.7 Å². The maximum atomic E-state index is 13.5. The minimum Gasteiger partial charge on any atom is -0.469 e. The number of nitriles is 1. The monoisotopic (exact) mass is 737 g/mol. The molecule has 1 aromatic carbocycles. The maximum absolute atomic E-state index is 13.5. The number of benzene rings is 1. The summed E-state index contributed by atoms with van der Waals surface area (Å²) in [5, 5.41) is 9.60. The van der Waals surface area contributed by atoms with Crippen LogP contribution in [0.2, 0.25) is 0 Å². The number of aromatic nitrogens is 1. The number of allylic oxidation sites excluding steroid dienone is 2. The van der Waals surface area contributed by atoms with Crippen LogP contribution in [0.1, 0.15) is 101 Å². The number of nitrogens with zero attached hydrogens (tertiary/aromatic N) is 2. The molecule has 0 fully saturated rings. The lowest BCUT2D eigenvalue weighted by Crippen LogP contribution is -2.36. The third-order valence-electron chi connectivity index (χ3n) is 7.56. The normalized spacial score (nSPS) is 15.4. The first-order chi connectivity index (χ1) is 24.2. The molecule has 0 aliphatic carbocycles. The molecule has 0 spiro atoms. The second kappa shape index (κ2) is 17.1. The first kappa shape index (κ1) is 41.5. The highest BCUT2D eigenvalue weighted by molar-refractivity contribution is 8.15. The van der Waals surface area contributed by atoms with Gasteiger partial charge in [-0.1, -0.05) is 55.9 Å². The van der Waals surface area contributed by atoms with Crippen LogP contribution in [0, 0.1) is 16.7 Å². The third kappa shape index (κ3) is 11.3. The van der Waals surface area contributed by atoms with Crippen molar-refractivity contribution < 1.29 is 47.7 Å². The number of aromatic amines is 1. The summed E-state index contributed by atoms with van der Waals surface area (Å²) >= 11 is 0.873.